The molecular formula is C12H9FN2O5S. The number of hydrogen-bond donors (Lipinski definition) is 3. The number of aromatic nitrogens is 1. The second kappa shape index (κ2) is 5.37. The van der Waals surface area contributed by atoms with Crippen molar-refractivity contribution in [2.75, 3.05) is 4.72 Å². The fourth-order valence-corrected chi connectivity index (χ4v) is 2.61. The number of rotatable bonds is 4. The maximum absolute atomic E-state index is 13.4. The van der Waals surface area contributed by atoms with Crippen LogP contribution in [0.4, 0.5) is 10.1 Å². The maximum atomic E-state index is 13.4. The highest BCUT2D eigenvalue weighted by Gasteiger charge is 2.20. The molecule has 3 N–H and O–H groups in total. The molecule has 2 aromatic rings. The van der Waals surface area contributed by atoms with Gasteiger partial charge >= 0.3 is 5.97 Å². The number of nitrogens with one attached hydrogen (secondary N) is 1. The van der Waals surface area contributed by atoms with E-state index >= 15 is 0 Å². The lowest BCUT2D eigenvalue weighted by Crippen LogP contribution is -2.14. The average Bonchev–Trinajstić information content (AvgIpc) is 2.41. The average molecular weight is 312 g/mol. The van der Waals surface area contributed by atoms with Gasteiger partial charge in [-0.05, 0) is 24.3 Å². The molecule has 0 amide bonds. The number of carboxylic acid groups (broad SMARTS) is 1. The number of anilines is 1. The monoisotopic (exact) mass is 312 g/mol. The van der Waals surface area contributed by atoms with Gasteiger partial charge in [0.05, 0.1) is 16.8 Å². The van der Waals surface area contributed by atoms with Crippen molar-refractivity contribution in [3.05, 3.63) is 48.0 Å². The third-order valence-corrected chi connectivity index (χ3v) is 3.89. The first-order chi connectivity index (χ1) is 9.81. The van der Waals surface area contributed by atoms with Crippen LogP contribution in [-0.2, 0) is 10.0 Å². The number of hydrogen-bond acceptors (Lipinski definition) is 5. The Morgan fingerprint density at radius 2 is 2.00 bits per heavy atom. The number of carboxylic acids is 1. The lowest BCUT2D eigenvalue weighted by molar-refractivity contribution is 0.0693. The Balaban J connectivity index is 2.43. The van der Waals surface area contributed by atoms with Crippen molar-refractivity contribution in [3.63, 3.8) is 0 Å². The quantitative estimate of drug-likeness (QED) is 0.786. The van der Waals surface area contributed by atoms with Gasteiger partial charge in [0, 0.05) is 6.20 Å². The Morgan fingerprint density at radius 1 is 1.29 bits per heavy atom. The molecule has 0 saturated carbocycles. The van der Waals surface area contributed by atoms with Crippen molar-refractivity contribution in [2.24, 2.45) is 0 Å². The summed E-state index contributed by atoms with van der Waals surface area (Å²) in [4.78, 5) is 13.9. The number of aromatic hydroxyl groups is 1. The van der Waals surface area contributed by atoms with Crippen molar-refractivity contribution in [3.8, 4) is 5.75 Å². The third kappa shape index (κ3) is 3.08. The molecule has 110 valence electrons. The summed E-state index contributed by atoms with van der Waals surface area (Å²) < 4.78 is 39.5. The van der Waals surface area contributed by atoms with E-state index in [1.807, 2.05) is 4.72 Å². The topological polar surface area (TPSA) is 117 Å². The molecule has 0 aliphatic heterocycles. The number of carbonyl (C=O) groups is 1. The van der Waals surface area contributed by atoms with Crippen molar-refractivity contribution in [1.82, 2.24) is 4.98 Å². The number of sulfonamides is 1. The number of pyridine rings is 1. The molecule has 9 heteroatoms. The van der Waals surface area contributed by atoms with Gasteiger partial charge in [0.15, 0.2) is 5.82 Å². The van der Waals surface area contributed by atoms with E-state index in [2.05, 4.69) is 4.98 Å². The third-order valence-electron chi connectivity index (χ3n) is 2.53. The minimum absolute atomic E-state index is 0.324. The van der Waals surface area contributed by atoms with Crippen LogP contribution >= 0.6 is 0 Å². The van der Waals surface area contributed by atoms with E-state index in [4.69, 9.17) is 5.11 Å². The summed E-state index contributed by atoms with van der Waals surface area (Å²) in [5.41, 5.74) is -0.900. The second-order valence-corrected chi connectivity index (χ2v) is 5.63. The summed E-state index contributed by atoms with van der Waals surface area (Å²) in [5.74, 6) is -2.94. The second-order valence-electron chi connectivity index (χ2n) is 3.95. The predicted molar refractivity (Wildman–Crippen MR) is 70.1 cm³/mol. The van der Waals surface area contributed by atoms with Crippen LogP contribution in [0.2, 0.25) is 0 Å². The van der Waals surface area contributed by atoms with Gasteiger partial charge in [-0.3, -0.25) is 9.71 Å². The van der Waals surface area contributed by atoms with E-state index in [0.717, 1.165) is 30.5 Å². The van der Waals surface area contributed by atoms with Crippen LogP contribution in [0.5, 0.6) is 5.75 Å². The fourth-order valence-electron chi connectivity index (χ4n) is 1.52. The van der Waals surface area contributed by atoms with Gasteiger partial charge in [0.2, 0.25) is 0 Å². The van der Waals surface area contributed by atoms with Gasteiger partial charge < -0.3 is 10.2 Å². The molecule has 2 rings (SSSR count). The molecule has 7 nitrogen and oxygen atoms in total. The van der Waals surface area contributed by atoms with Gasteiger partial charge in [0.1, 0.15) is 11.3 Å². The summed E-state index contributed by atoms with van der Waals surface area (Å²) in [6.07, 6.45) is 2.03. The van der Waals surface area contributed by atoms with E-state index in [1.54, 1.807) is 0 Å². The molecule has 0 spiro atoms. The first-order valence-electron chi connectivity index (χ1n) is 5.50. The Bertz CT molecular complexity index is 807. The van der Waals surface area contributed by atoms with Crippen LogP contribution in [0.3, 0.4) is 0 Å². The summed E-state index contributed by atoms with van der Waals surface area (Å²) in [6, 6.07) is 3.83. The molecule has 0 saturated heterocycles. The van der Waals surface area contributed by atoms with Gasteiger partial charge in [-0.2, -0.15) is 0 Å². The standard InChI is InChI=1S/C12H9FN2O5S/c13-9-6-14-4-3-10(9)15-21(19,20)7-1-2-11(16)8(5-7)12(17)18/h1-6,16H,(H,14,15)(H,17,18). The molecule has 0 unspecified atom stereocenters. The lowest BCUT2D eigenvalue weighted by Gasteiger charge is -2.09. The zero-order valence-electron chi connectivity index (χ0n) is 10.3. The molecule has 21 heavy (non-hydrogen) atoms. The van der Waals surface area contributed by atoms with Crippen LogP contribution < -0.4 is 4.72 Å². The van der Waals surface area contributed by atoms with E-state index < -0.39 is 38.0 Å². The minimum Gasteiger partial charge on any atom is -0.507 e. The Labute approximate surface area is 118 Å². The molecule has 0 bridgehead atoms. The highest BCUT2D eigenvalue weighted by molar-refractivity contribution is 7.92. The smallest absolute Gasteiger partial charge is 0.339 e. The first kappa shape index (κ1) is 14.7. The summed E-state index contributed by atoms with van der Waals surface area (Å²) in [7, 11) is -4.20. The van der Waals surface area contributed by atoms with Crippen LogP contribution in [0.15, 0.2) is 41.6 Å². The number of aromatic carboxylic acids is 1. The maximum Gasteiger partial charge on any atom is 0.339 e. The van der Waals surface area contributed by atoms with E-state index in [0.29, 0.717) is 0 Å². The zero-order chi connectivity index (χ0) is 15.6. The van der Waals surface area contributed by atoms with Gasteiger partial charge in [-0.25, -0.2) is 17.6 Å². The van der Waals surface area contributed by atoms with Crippen molar-refractivity contribution in [2.45, 2.75) is 4.90 Å². The van der Waals surface area contributed by atoms with Crippen molar-refractivity contribution >= 4 is 21.7 Å². The van der Waals surface area contributed by atoms with Crippen LogP contribution in [-0.4, -0.2) is 29.6 Å². The fraction of sp³-hybridized carbons (Fsp3) is 0. The molecule has 0 radical (unpaired) electrons. The Hall–Kier alpha value is -2.68. The molecule has 0 fully saturated rings. The normalized spacial score (nSPS) is 11.1. The SMILES string of the molecule is O=C(O)c1cc(S(=O)(=O)Nc2ccncc2F)ccc1O. The Morgan fingerprint density at radius 3 is 2.62 bits per heavy atom. The van der Waals surface area contributed by atoms with Crippen LogP contribution in [0.1, 0.15) is 10.4 Å². The van der Waals surface area contributed by atoms with Gasteiger partial charge in [0.25, 0.3) is 10.0 Å². The summed E-state index contributed by atoms with van der Waals surface area (Å²) in [6.45, 7) is 0. The van der Waals surface area contributed by atoms with Crippen molar-refractivity contribution < 1.29 is 27.8 Å². The van der Waals surface area contributed by atoms with Crippen LogP contribution in [0, 0.1) is 5.82 Å². The number of benzene rings is 1. The van der Waals surface area contributed by atoms with Crippen molar-refractivity contribution in [1.29, 1.82) is 0 Å². The molecular weight excluding hydrogens is 303 g/mol. The number of phenols is 1. The Kier molecular flexibility index (Phi) is 3.76. The lowest BCUT2D eigenvalue weighted by atomic mass is 10.2. The van der Waals surface area contributed by atoms with Gasteiger partial charge in [-0.15, -0.1) is 0 Å². The molecule has 1 heterocycles. The van der Waals surface area contributed by atoms with E-state index in [9.17, 15) is 22.7 Å². The zero-order valence-corrected chi connectivity index (χ0v) is 11.1. The summed E-state index contributed by atoms with van der Waals surface area (Å²) in [5, 5.41) is 18.2. The predicted octanol–water partition coefficient (Wildman–Crippen LogP) is 1.43. The number of halogens is 1. The van der Waals surface area contributed by atoms with E-state index in [1.165, 1.54) is 6.20 Å². The largest absolute Gasteiger partial charge is 0.507 e. The molecule has 0 atom stereocenters. The molecule has 1 aromatic carbocycles. The molecule has 0 aliphatic rings. The summed E-state index contributed by atoms with van der Waals surface area (Å²) >= 11 is 0. The highest BCUT2D eigenvalue weighted by atomic mass is 32.2. The first-order valence-corrected chi connectivity index (χ1v) is 6.98. The highest BCUT2D eigenvalue weighted by Crippen LogP contribution is 2.23. The van der Waals surface area contributed by atoms with Gasteiger partial charge in [-0.1, -0.05) is 0 Å². The molecule has 1 aromatic heterocycles. The van der Waals surface area contributed by atoms with Crippen LogP contribution in [0.25, 0.3) is 0 Å². The number of nitrogens with zero attached hydrogens (tertiary/aromatic N) is 1. The minimum atomic E-state index is -4.20. The van der Waals surface area contributed by atoms with E-state index in [-0.39, 0.29) is 5.69 Å². The molecule has 0 aliphatic carbocycles.